The molecule has 0 spiro atoms. The van der Waals surface area contributed by atoms with Gasteiger partial charge in [0.15, 0.2) is 0 Å². The number of imidazole rings is 1. The third kappa shape index (κ3) is 2.31. The molecule has 0 saturated heterocycles. The van der Waals surface area contributed by atoms with Crippen molar-refractivity contribution in [3.8, 4) is 5.75 Å². The van der Waals surface area contributed by atoms with E-state index >= 15 is 0 Å². The van der Waals surface area contributed by atoms with Crippen LogP contribution >= 0.6 is 11.8 Å². The number of hydrogen-bond acceptors (Lipinski definition) is 4. The van der Waals surface area contributed by atoms with Crippen LogP contribution in [-0.2, 0) is 5.75 Å². The van der Waals surface area contributed by atoms with Gasteiger partial charge in [-0.3, -0.25) is 4.40 Å². The lowest BCUT2D eigenvalue weighted by molar-refractivity contribution is 0.475. The molecule has 0 fully saturated rings. The van der Waals surface area contributed by atoms with Crippen LogP contribution in [0.3, 0.4) is 0 Å². The third-order valence-corrected chi connectivity index (χ3v) is 3.55. The van der Waals surface area contributed by atoms with E-state index in [4.69, 9.17) is 0 Å². The van der Waals surface area contributed by atoms with Crippen LogP contribution in [0, 0.1) is 0 Å². The fraction of sp³-hybridized carbons (Fsp3) is 0.0769. The molecule has 5 heteroatoms. The summed E-state index contributed by atoms with van der Waals surface area (Å²) in [6.07, 6.45) is 5.65. The number of phenolic OH excluding ortho intramolecular Hbond substituents is 1. The van der Waals surface area contributed by atoms with Gasteiger partial charge < -0.3 is 5.11 Å². The monoisotopic (exact) mass is 257 g/mol. The first kappa shape index (κ1) is 11.1. The number of aromatic hydroxyl groups is 1. The highest BCUT2D eigenvalue weighted by Gasteiger charge is 2.02. The second-order valence-corrected chi connectivity index (χ2v) is 4.89. The molecule has 1 N–H and O–H groups in total. The van der Waals surface area contributed by atoms with Gasteiger partial charge in [-0.05, 0) is 30.3 Å². The second kappa shape index (κ2) is 4.70. The number of phenols is 1. The van der Waals surface area contributed by atoms with Crippen LogP contribution in [0.5, 0.6) is 5.75 Å². The van der Waals surface area contributed by atoms with E-state index in [1.54, 1.807) is 30.1 Å². The van der Waals surface area contributed by atoms with Gasteiger partial charge in [-0.15, -0.1) is 11.8 Å². The molecule has 90 valence electrons. The molecule has 4 nitrogen and oxygen atoms in total. The van der Waals surface area contributed by atoms with E-state index in [0.29, 0.717) is 0 Å². The maximum atomic E-state index is 9.20. The fourth-order valence-electron chi connectivity index (χ4n) is 1.65. The highest BCUT2D eigenvalue weighted by atomic mass is 32.2. The zero-order valence-electron chi connectivity index (χ0n) is 9.52. The van der Waals surface area contributed by atoms with Crippen LogP contribution in [0.4, 0.5) is 0 Å². The van der Waals surface area contributed by atoms with Crippen LogP contribution in [0.15, 0.2) is 53.8 Å². The number of nitrogens with zero attached hydrogens (tertiary/aromatic N) is 3. The Balaban J connectivity index is 1.74. The Hall–Kier alpha value is -2.01. The minimum Gasteiger partial charge on any atom is -0.508 e. The smallest absolute Gasteiger partial charge is 0.233 e. The summed E-state index contributed by atoms with van der Waals surface area (Å²) in [6, 6.07) is 9.05. The first-order chi connectivity index (χ1) is 8.81. The number of thioether (sulfide) groups is 1. The maximum Gasteiger partial charge on any atom is 0.233 e. The highest BCUT2D eigenvalue weighted by molar-refractivity contribution is 7.98. The summed E-state index contributed by atoms with van der Waals surface area (Å²) in [5.74, 6) is 1.80. The normalized spacial score (nSPS) is 10.9. The molecule has 0 saturated carbocycles. The molecule has 0 radical (unpaired) electrons. The minimum absolute atomic E-state index is 0.288. The Morgan fingerprint density at radius 1 is 1.22 bits per heavy atom. The van der Waals surface area contributed by atoms with Gasteiger partial charge in [-0.1, -0.05) is 0 Å². The lowest BCUT2D eigenvalue weighted by atomic mass is 10.3. The van der Waals surface area contributed by atoms with Gasteiger partial charge in [0.05, 0.1) is 5.69 Å². The van der Waals surface area contributed by atoms with Gasteiger partial charge in [-0.2, -0.15) is 0 Å². The molecule has 1 aromatic carbocycles. The Labute approximate surface area is 108 Å². The average Bonchev–Trinajstić information content (AvgIpc) is 2.81. The molecular weight excluding hydrogens is 246 g/mol. The molecule has 2 heterocycles. The highest BCUT2D eigenvalue weighted by Crippen LogP contribution is 2.24. The zero-order chi connectivity index (χ0) is 12.4. The third-order valence-electron chi connectivity index (χ3n) is 2.51. The van der Waals surface area contributed by atoms with Gasteiger partial charge in [0.25, 0.3) is 0 Å². The predicted octanol–water partition coefficient (Wildman–Crippen LogP) is 2.73. The van der Waals surface area contributed by atoms with Gasteiger partial charge in [0.1, 0.15) is 5.75 Å². The van der Waals surface area contributed by atoms with Crippen LogP contribution in [0.1, 0.15) is 5.69 Å². The number of rotatable bonds is 3. The van der Waals surface area contributed by atoms with Crippen molar-refractivity contribution in [3.05, 3.63) is 54.6 Å². The van der Waals surface area contributed by atoms with Crippen molar-refractivity contribution < 1.29 is 5.11 Å². The lowest BCUT2D eigenvalue weighted by Gasteiger charge is -1.98. The first-order valence-electron chi connectivity index (χ1n) is 5.52. The number of fused-ring (bicyclic) bond motifs is 1. The van der Waals surface area contributed by atoms with E-state index in [2.05, 4.69) is 9.97 Å². The van der Waals surface area contributed by atoms with E-state index in [9.17, 15) is 5.11 Å². The standard InChI is InChI=1S/C13H11N3OS/c17-11-2-4-12(5-3-11)18-9-10-8-16-7-1-6-14-13(16)15-10/h1-8,17H,9H2. The first-order valence-corrected chi connectivity index (χ1v) is 6.50. The van der Waals surface area contributed by atoms with Crippen molar-refractivity contribution in [1.82, 2.24) is 14.4 Å². The summed E-state index contributed by atoms with van der Waals surface area (Å²) >= 11 is 1.68. The molecule has 0 amide bonds. The number of benzene rings is 1. The van der Waals surface area contributed by atoms with Crippen molar-refractivity contribution in [2.75, 3.05) is 0 Å². The van der Waals surface area contributed by atoms with Crippen LogP contribution in [0.2, 0.25) is 0 Å². The quantitative estimate of drug-likeness (QED) is 0.733. The summed E-state index contributed by atoms with van der Waals surface area (Å²) < 4.78 is 1.91. The van der Waals surface area contributed by atoms with E-state index in [-0.39, 0.29) is 5.75 Å². The Morgan fingerprint density at radius 2 is 2.06 bits per heavy atom. The molecule has 0 unspecified atom stereocenters. The molecule has 0 aliphatic heterocycles. The Bertz CT molecular complexity index is 630. The largest absolute Gasteiger partial charge is 0.508 e. The SMILES string of the molecule is Oc1ccc(SCc2cn3cccnc3n2)cc1. The topological polar surface area (TPSA) is 50.4 Å². The summed E-state index contributed by atoms with van der Waals surface area (Å²) in [5, 5.41) is 9.20. The fourth-order valence-corrected chi connectivity index (χ4v) is 2.43. The van der Waals surface area contributed by atoms with Gasteiger partial charge in [-0.25, -0.2) is 9.97 Å². The summed E-state index contributed by atoms with van der Waals surface area (Å²) in [5.41, 5.74) is 0.992. The molecule has 0 bridgehead atoms. The summed E-state index contributed by atoms with van der Waals surface area (Å²) in [7, 11) is 0. The molecule has 0 aliphatic rings. The van der Waals surface area contributed by atoms with Crippen molar-refractivity contribution in [2.24, 2.45) is 0 Å². The molecular formula is C13H11N3OS. The van der Waals surface area contributed by atoms with Crippen molar-refractivity contribution >= 4 is 17.5 Å². The van der Waals surface area contributed by atoms with E-state index in [1.807, 2.05) is 35.0 Å². The van der Waals surface area contributed by atoms with Crippen LogP contribution in [0.25, 0.3) is 5.78 Å². The lowest BCUT2D eigenvalue weighted by Crippen LogP contribution is -1.83. The molecule has 0 aliphatic carbocycles. The molecule has 0 atom stereocenters. The maximum absolute atomic E-state index is 9.20. The van der Waals surface area contributed by atoms with Gasteiger partial charge in [0, 0.05) is 29.2 Å². The van der Waals surface area contributed by atoms with Crippen molar-refractivity contribution in [3.63, 3.8) is 0 Å². The molecule has 3 rings (SSSR count). The average molecular weight is 257 g/mol. The van der Waals surface area contributed by atoms with E-state index < -0.39 is 0 Å². The van der Waals surface area contributed by atoms with Crippen molar-refractivity contribution in [2.45, 2.75) is 10.6 Å². The molecule has 3 aromatic rings. The number of hydrogen-bond donors (Lipinski definition) is 1. The van der Waals surface area contributed by atoms with Crippen LogP contribution in [-0.4, -0.2) is 19.5 Å². The molecule has 18 heavy (non-hydrogen) atoms. The molecule has 2 aromatic heterocycles. The number of aromatic nitrogens is 3. The summed E-state index contributed by atoms with van der Waals surface area (Å²) in [6.45, 7) is 0. The van der Waals surface area contributed by atoms with Gasteiger partial charge in [0.2, 0.25) is 5.78 Å². The van der Waals surface area contributed by atoms with Crippen LogP contribution < -0.4 is 0 Å². The van der Waals surface area contributed by atoms with Gasteiger partial charge >= 0.3 is 0 Å². The minimum atomic E-state index is 0.288. The Morgan fingerprint density at radius 3 is 2.83 bits per heavy atom. The predicted molar refractivity (Wildman–Crippen MR) is 70.7 cm³/mol. The van der Waals surface area contributed by atoms with Crippen molar-refractivity contribution in [1.29, 1.82) is 0 Å². The Kier molecular flexibility index (Phi) is 2.90. The summed E-state index contributed by atoms with van der Waals surface area (Å²) in [4.78, 5) is 9.71. The second-order valence-electron chi connectivity index (χ2n) is 3.84. The zero-order valence-corrected chi connectivity index (χ0v) is 10.3. The van der Waals surface area contributed by atoms with E-state index in [0.717, 1.165) is 22.1 Å². The van der Waals surface area contributed by atoms with E-state index in [1.165, 1.54) is 0 Å².